The molecular weight excluding hydrogens is 426 g/mol. The Balaban J connectivity index is 1.77. The molecule has 2 aromatic carbocycles. The maximum absolute atomic E-state index is 13.0. The van der Waals surface area contributed by atoms with Gasteiger partial charge in [-0.25, -0.2) is 14.5 Å². The topological polar surface area (TPSA) is 122 Å². The molecule has 0 aliphatic carbocycles. The normalized spacial score (nSPS) is 13.6. The van der Waals surface area contributed by atoms with Crippen LogP contribution in [0.25, 0.3) is 0 Å². The molecule has 0 saturated heterocycles. The Kier molecular flexibility index (Phi) is 6.62. The number of urea groups is 1. The van der Waals surface area contributed by atoms with Crippen molar-refractivity contribution in [3.05, 3.63) is 64.2 Å². The number of esters is 1. The van der Waals surface area contributed by atoms with Crippen LogP contribution in [-0.4, -0.2) is 41.9 Å². The van der Waals surface area contributed by atoms with E-state index in [4.69, 9.17) is 4.74 Å². The lowest BCUT2D eigenvalue weighted by Gasteiger charge is -2.17. The zero-order valence-corrected chi connectivity index (χ0v) is 19.0. The number of anilines is 1. The van der Waals surface area contributed by atoms with Gasteiger partial charge >= 0.3 is 12.0 Å². The van der Waals surface area contributed by atoms with Gasteiger partial charge in [-0.1, -0.05) is 12.1 Å². The number of nitrogens with one attached hydrogen (secondary N) is 2. The van der Waals surface area contributed by atoms with Crippen molar-refractivity contribution >= 4 is 35.4 Å². The van der Waals surface area contributed by atoms with Crippen LogP contribution in [0.5, 0.6) is 0 Å². The average molecular weight is 451 g/mol. The number of hydrogen-bond acceptors (Lipinski definition) is 6. The maximum atomic E-state index is 13.0. The van der Waals surface area contributed by atoms with Crippen LogP contribution < -0.4 is 15.5 Å². The Labute approximate surface area is 191 Å². The Hall–Kier alpha value is -4.01. The van der Waals surface area contributed by atoms with Crippen molar-refractivity contribution in [1.82, 2.24) is 10.6 Å². The summed E-state index contributed by atoms with van der Waals surface area (Å²) in [6.07, 6.45) is -1.26. The second-order valence-corrected chi connectivity index (χ2v) is 8.16. The third kappa shape index (κ3) is 4.92. The highest BCUT2D eigenvalue weighted by Gasteiger charge is 2.38. The molecule has 1 heterocycles. The van der Waals surface area contributed by atoms with E-state index in [2.05, 4.69) is 10.6 Å². The molecule has 0 bridgehead atoms. The lowest BCUT2D eigenvalue weighted by Crippen LogP contribution is -2.46. The van der Waals surface area contributed by atoms with Crippen LogP contribution in [0.4, 0.5) is 10.5 Å². The van der Waals surface area contributed by atoms with Crippen molar-refractivity contribution in [2.45, 2.75) is 46.8 Å². The summed E-state index contributed by atoms with van der Waals surface area (Å²) < 4.78 is 5.13. The van der Waals surface area contributed by atoms with Crippen LogP contribution in [-0.2, 0) is 9.53 Å². The van der Waals surface area contributed by atoms with Crippen molar-refractivity contribution in [2.75, 3.05) is 4.90 Å². The molecule has 172 valence electrons. The SMILES string of the molecule is Cc1ccc(C)c(N2C(=O)c3ccc(C(=O)OC(C)C(=O)NC(=O)NC(C)C)cc3C2=O)c1. The van der Waals surface area contributed by atoms with Crippen molar-refractivity contribution in [2.24, 2.45) is 0 Å². The summed E-state index contributed by atoms with van der Waals surface area (Å²) in [6.45, 7) is 8.44. The zero-order chi connectivity index (χ0) is 24.4. The van der Waals surface area contributed by atoms with Crippen molar-refractivity contribution in [3.8, 4) is 0 Å². The van der Waals surface area contributed by atoms with Gasteiger partial charge in [-0.3, -0.25) is 19.7 Å². The van der Waals surface area contributed by atoms with E-state index in [0.29, 0.717) is 5.69 Å². The van der Waals surface area contributed by atoms with Crippen LogP contribution in [0.2, 0.25) is 0 Å². The predicted molar refractivity (Wildman–Crippen MR) is 120 cm³/mol. The fourth-order valence-electron chi connectivity index (χ4n) is 3.34. The molecule has 9 nitrogen and oxygen atoms in total. The molecule has 33 heavy (non-hydrogen) atoms. The molecule has 2 aromatic rings. The summed E-state index contributed by atoms with van der Waals surface area (Å²) in [6, 6.07) is 8.60. The Morgan fingerprint density at radius 3 is 2.24 bits per heavy atom. The highest BCUT2D eigenvalue weighted by atomic mass is 16.5. The van der Waals surface area contributed by atoms with Gasteiger partial charge in [0.05, 0.1) is 22.4 Å². The summed E-state index contributed by atoms with van der Waals surface area (Å²) in [5.74, 6) is -2.69. The molecule has 1 unspecified atom stereocenters. The third-order valence-corrected chi connectivity index (χ3v) is 5.04. The second-order valence-electron chi connectivity index (χ2n) is 8.16. The quantitative estimate of drug-likeness (QED) is 0.533. The molecule has 5 amide bonds. The van der Waals surface area contributed by atoms with Crippen LogP contribution in [0.3, 0.4) is 0 Å². The number of benzene rings is 2. The van der Waals surface area contributed by atoms with Crippen molar-refractivity contribution < 1.29 is 28.7 Å². The van der Waals surface area contributed by atoms with E-state index in [-0.39, 0.29) is 22.7 Å². The average Bonchev–Trinajstić information content (AvgIpc) is 2.98. The lowest BCUT2D eigenvalue weighted by molar-refractivity contribution is -0.127. The minimum atomic E-state index is -1.26. The van der Waals surface area contributed by atoms with Gasteiger partial charge in [-0.15, -0.1) is 0 Å². The first-order valence-corrected chi connectivity index (χ1v) is 10.4. The molecule has 1 atom stereocenters. The van der Waals surface area contributed by atoms with Gasteiger partial charge in [0.15, 0.2) is 6.10 Å². The molecule has 0 fully saturated rings. The van der Waals surface area contributed by atoms with Gasteiger partial charge in [0, 0.05) is 6.04 Å². The summed E-state index contributed by atoms with van der Waals surface area (Å²) >= 11 is 0. The molecule has 3 rings (SSSR count). The second kappa shape index (κ2) is 9.23. The molecule has 1 aliphatic rings. The van der Waals surface area contributed by atoms with E-state index >= 15 is 0 Å². The number of aryl methyl sites for hydroxylation is 2. The van der Waals surface area contributed by atoms with Gasteiger partial charge < -0.3 is 10.1 Å². The first-order chi connectivity index (χ1) is 15.5. The van der Waals surface area contributed by atoms with E-state index < -0.39 is 35.8 Å². The molecule has 0 radical (unpaired) electrons. The number of imide groups is 2. The molecule has 1 aliphatic heterocycles. The molecule has 0 spiro atoms. The number of amides is 5. The number of hydrogen-bond donors (Lipinski definition) is 2. The minimum Gasteiger partial charge on any atom is -0.449 e. The standard InChI is InChI=1S/C24H25N3O6/c1-12(2)25-24(32)26-20(28)15(5)33-23(31)16-8-9-17-18(11-16)22(30)27(21(17)29)19-10-13(3)6-7-14(19)4/h6-12,15H,1-5H3,(H2,25,26,28,32). The van der Waals surface area contributed by atoms with Gasteiger partial charge in [0.1, 0.15) is 0 Å². The zero-order valence-electron chi connectivity index (χ0n) is 19.0. The number of carbonyl (C=O) groups excluding carboxylic acids is 5. The van der Waals surface area contributed by atoms with Gasteiger partial charge in [-0.2, -0.15) is 0 Å². The van der Waals surface area contributed by atoms with Crippen molar-refractivity contribution in [3.63, 3.8) is 0 Å². The van der Waals surface area contributed by atoms with E-state index in [9.17, 15) is 24.0 Å². The minimum absolute atomic E-state index is 0.00370. The molecular formula is C24H25N3O6. The Bertz CT molecular complexity index is 1170. The van der Waals surface area contributed by atoms with Crippen molar-refractivity contribution in [1.29, 1.82) is 0 Å². The van der Waals surface area contributed by atoms with E-state index in [0.717, 1.165) is 16.0 Å². The van der Waals surface area contributed by atoms with Gasteiger partial charge in [0.2, 0.25) is 0 Å². The number of carbonyl (C=O) groups is 5. The summed E-state index contributed by atoms with van der Waals surface area (Å²) in [5, 5.41) is 4.57. The summed E-state index contributed by atoms with van der Waals surface area (Å²) in [5.41, 5.74) is 2.39. The van der Waals surface area contributed by atoms with E-state index in [1.807, 2.05) is 19.1 Å². The number of nitrogens with zero attached hydrogens (tertiary/aromatic N) is 1. The highest BCUT2D eigenvalue weighted by molar-refractivity contribution is 6.35. The first-order valence-electron chi connectivity index (χ1n) is 10.4. The molecule has 0 aromatic heterocycles. The maximum Gasteiger partial charge on any atom is 0.338 e. The summed E-state index contributed by atoms with van der Waals surface area (Å²) in [7, 11) is 0. The third-order valence-electron chi connectivity index (χ3n) is 5.04. The fraction of sp³-hybridized carbons (Fsp3) is 0.292. The Morgan fingerprint density at radius 1 is 0.909 bits per heavy atom. The number of rotatable bonds is 5. The van der Waals surface area contributed by atoms with E-state index in [1.54, 1.807) is 26.8 Å². The fourth-order valence-corrected chi connectivity index (χ4v) is 3.34. The summed E-state index contributed by atoms with van der Waals surface area (Å²) in [4.78, 5) is 63.3. The Morgan fingerprint density at radius 2 is 1.58 bits per heavy atom. The number of ether oxygens (including phenoxy) is 1. The number of fused-ring (bicyclic) bond motifs is 1. The molecule has 2 N–H and O–H groups in total. The van der Waals surface area contributed by atoms with Crippen LogP contribution in [0, 0.1) is 13.8 Å². The highest BCUT2D eigenvalue weighted by Crippen LogP contribution is 2.32. The molecule has 9 heteroatoms. The van der Waals surface area contributed by atoms with Gasteiger partial charge in [0.25, 0.3) is 17.7 Å². The van der Waals surface area contributed by atoms with Crippen LogP contribution in [0.15, 0.2) is 36.4 Å². The lowest BCUT2D eigenvalue weighted by atomic mass is 10.1. The largest absolute Gasteiger partial charge is 0.449 e. The monoisotopic (exact) mass is 451 g/mol. The molecule has 0 saturated carbocycles. The van der Waals surface area contributed by atoms with Crippen LogP contribution in [0.1, 0.15) is 63.0 Å². The van der Waals surface area contributed by atoms with E-state index in [1.165, 1.54) is 25.1 Å². The first kappa shape index (κ1) is 23.6. The smallest absolute Gasteiger partial charge is 0.338 e. The van der Waals surface area contributed by atoms with Crippen LogP contribution >= 0.6 is 0 Å². The predicted octanol–water partition coefficient (Wildman–Crippen LogP) is 2.88. The van der Waals surface area contributed by atoms with Gasteiger partial charge in [-0.05, 0) is 70.0 Å².